The highest BCUT2D eigenvalue weighted by Gasteiger charge is 2.31. The highest BCUT2D eigenvalue weighted by Crippen LogP contribution is 2.19. The number of hydrogen-bond donors (Lipinski definition) is 1. The van der Waals surface area contributed by atoms with Crippen LogP contribution in [0, 0.1) is 0 Å². The van der Waals surface area contributed by atoms with Gasteiger partial charge in [0.25, 0.3) is 0 Å². The van der Waals surface area contributed by atoms with Crippen molar-refractivity contribution in [3.8, 4) is 0 Å². The predicted molar refractivity (Wildman–Crippen MR) is 76.7 cm³/mol. The molecule has 1 atom stereocenters. The van der Waals surface area contributed by atoms with Crippen LogP contribution in [0.2, 0.25) is 0 Å². The van der Waals surface area contributed by atoms with Gasteiger partial charge in [0, 0.05) is 13.1 Å². The second kappa shape index (κ2) is 6.68. The Morgan fingerprint density at radius 3 is 2.58 bits per heavy atom. The Morgan fingerprint density at radius 1 is 1.26 bits per heavy atom. The summed E-state index contributed by atoms with van der Waals surface area (Å²) in [5.74, 6) is 0.193. The number of benzene rings is 1. The molecule has 1 aliphatic rings. The van der Waals surface area contributed by atoms with Gasteiger partial charge in [-0.25, -0.2) is 0 Å². The average Bonchev–Trinajstić information content (AvgIpc) is 2.82. The van der Waals surface area contributed by atoms with E-state index < -0.39 is 0 Å². The summed E-state index contributed by atoms with van der Waals surface area (Å²) in [6, 6.07) is 9.76. The Morgan fingerprint density at radius 2 is 1.95 bits per heavy atom. The SMILES string of the molecule is CCN(CC)CCN1CNC(c2ccccc2)C1=O. The zero-order valence-corrected chi connectivity index (χ0v) is 11.8. The molecule has 1 fully saturated rings. The molecule has 104 valence electrons. The molecule has 4 nitrogen and oxygen atoms in total. The molecule has 0 spiro atoms. The van der Waals surface area contributed by atoms with Crippen molar-refractivity contribution in [2.45, 2.75) is 19.9 Å². The van der Waals surface area contributed by atoms with Gasteiger partial charge >= 0.3 is 0 Å². The van der Waals surface area contributed by atoms with E-state index in [1.165, 1.54) is 0 Å². The molecule has 1 heterocycles. The Balaban J connectivity index is 1.91. The predicted octanol–water partition coefficient (Wildman–Crippen LogP) is 1.46. The first-order chi connectivity index (χ1) is 9.26. The number of carbonyl (C=O) groups excluding carboxylic acids is 1. The maximum Gasteiger partial charge on any atom is 0.245 e. The van der Waals surface area contributed by atoms with E-state index in [1.54, 1.807) is 0 Å². The van der Waals surface area contributed by atoms with Crippen molar-refractivity contribution in [1.29, 1.82) is 0 Å². The second-order valence-corrected chi connectivity index (χ2v) is 4.83. The molecule has 2 rings (SSSR count). The fraction of sp³-hybridized carbons (Fsp3) is 0.533. The Labute approximate surface area is 115 Å². The summed E-state index contributed by atoms with van der Waals surface area (Å²) >= 11 is 0. The van der Waals surface area contributed by atoms with Gasteiger partial charge in [0.15, 0.2) is 0 Å². The largest absolute Gasteiger partial charge is 0.327 e. The average molecular weight is 261 g/mol. The van der Waals surface area contributed by atoms with Crippen molar-refractivity contribution in [1.82, 2.24) is 15.1 Å². The summed E-state index contributed by atoms with van der Waals surface area (Å²) < 4.78 is 0. The monoisotopic (exact) mass is 261 g/mol. The van der Waals surface area contributed by atoms with Crippen molar-refractivity contribution >= 4 is 5.91 Å². The summed E-state index contributed by atoms with van der Waals surface area (Å²) in [7, 11) is 0. The van der Waals surface area contributed by atoms with Crippen LogP contribution in [-0.4, -0.2) is 48.6 Å². The molecule has 1 saturated heterocycles. The van der Waals surface area contributed by atoms with Crippen LogP contribution < -0.4 is 5.32 Å². The van der Waals surface area contributed by atoms with Gasteiger partial charge in [-0.3, -0.25) is 10.1 Å². The lowest BCUT2D eigenvalue weighted by Crippen LogP contribution is -2.36. The third-order valence-corrected chi connectivity index (χ3v) is 3.76. The number of nitrogens with one attached hydrogen (secondary N) is 1. The molecule has 4 heteroatoms. The van der Waals surface area contributed by atoms with Crippen LogP contribution in [0.3, 0.4) is 0 Å². The fourth-order valence-corrected chi connectivity index (χ4v) is 2.45. The third-order valence-electron chi connectivity index (χ3n) is 3.76. The zero-order valence-electron chi connectivity index (χ0n) is 11.8. The lowest BCUT2D eigenvalue weighted by atomic mass is 10.1. The molecule has 0 saturated carbocycles. The minimum atomic E-state index is -0.169. The summed E-state index contributed by atoms with van der Waals surface area (Å²) in [5, 5.41) is 3.29. The Hall–Kier alpha value is -1.39. The summed E-state index contributed by atoms with van der Waals surface area (Å²) in [6.45, 7) is 8.78. The van der Waals surface area contributed by atoms with Crippen LogP contribution in [-0.2, 0) is 4.79 Å². The van der Waals surface area contributed by atoms with Gasteiger partial charge in [-0.15, -0.1) is 0 Å². The molecule has 1 amide bonds. The first-order valence-electron chi connectivity index (χ1n) is 7.05. The van der Waals surface area contributed by atoms with Gasteiger partial charge in [0.2, 0.25) is 5.91 Å². The lowest BCUT2D eigenvalue weighted by molar-refractivity contribution is -0.129. The van der Waals surface area contributed by atoms with Crippen molar-refractivity contribution < 1.29 is 4.79 Å². The Bertz CT molecular complexity index is 403. The van der Waals surface area contributed by atoms with Crippen LogP contribution in [0.25, 0.3) is 0 Å². The molecular formula is C15H23N3O. The van der Waals surface area contributed by atoms with Gasteiger partial charge < -0.3 is 9.80 Å². The molecule has 0 aliphatic carbocycles. The van der Waals surface area contributed by atoms with Crippen molar-refractivity contribution in [3.05, 3.63) is 35.9 Å². The van der Waals surface area contributed by atoms with Crippen LogP contribution in [0.5, 0.6) is 0 Å². The molecule has 1 aliphatic heterocycles. The van der Waals surface area contributed by atoms with E-state index in [9.17, 15) is 4.79 Å². The maximum atomic E-state index is 12.3. The number of likely N-dealkylation sites (N-methyl/N-ethyl adjacent to an activating group) is 1. The van der Waals surface area contributed by atoms with Gasteiger partial charge in [0.05, 0.1) is 6.67 Å². The summed E-state index contributed by atoms with van der Waals surface area (Å²) in [4.78, 5) is 16.6. The van der Waals surface area contributed by atoms with Crippen molar-refractivity contribution in [2.75, 3.05) is 32.8 Å². The molecule has 1 aromatic carbocycles. The highest BCUT2D eigenvalue weighted by molar-refractivity contribution is 5.85. The maximum absolute atomic E-state index is 12.3. The van der Waals surface area contributed by atoms with E-state index in [4.69, 9.17) is 0 Å². The third kappa shape index (κ3) is 3.33. The van der Waals surface area contributed by atoms with E-state index in [-0.39, 0.29) is 11.9 Å². The fourth-order valence-electron chi connectivity index (χ4n) is 2.45. The minimum absolute atomic E-state index is 0.169. The quantitative estimate of drug-likeness (QED) is 0.842. The van der Waals surface area contributed by atoms with Crippen molar-refractivity contribution in [3.63, 3.8) is 0 Å². The summed E-state index contributed by atoms with van der Waals surface area (Å²) in [5.41, 5.74) is 1.05. The van der Waals surface area contributed by atoms with Crippen molar-refractivity contribution in [2.24, 2.45) is 0 Å². The number of carbonyl (C=O) groups is 1. The molecule has 1 aromatic rings. The molecule has 0 aromatic heterocycles. The first kappa shape index (κ1) is 14.0. The van der Waals surface area contributed by atoms with E-state index >= 15 is 0 Å². The van der Waals surface area contributed by atoms with Crippen LogP contribution in [0.1, 0.15) is 25.5 Å². The normalized spacial score (nSPS) is 19.4. The zero-order chi connectivity index (χ0) is 13.7. The van der Waals surface area contributed by atoms with Crippen LogP contribution in [0.15, 0.2) is 30.3 Å². The van der Waals surface area contributed by atoms with E-state index in [2.05, 4.69) is 24.1 Å². The molecule has 1 unspecified atom stereocenters. The molecule has 0 radical (unpaired) electrons. The smallest absolute Gasteiger partial charge is 0.245 e. The lowest BCUT2D eigenvalue weighted by Gasteiger charge is -2.22. The second-order valence-electron chi connectivity index (χ2n) is 4.83. The van der Waals surface area contributed by atoms with Gasteiger partial charge in [-0.2, -0.15) is 0 Å². The molecule has 19 heavy (non-hydrogen) atoms. The van der Waals surface area contributed by atoms with Crippen LogP contribution >= 0.6 is 0 Å². The van der Waals surface area contributed by atoms with E-state index in [1.807, 2.05) is 35.2 Å². The van der Waals surface area contributed by atoms with Crippen LogP contribution in [0.4, 0.5) is 0 Å². The molecular weight excluding hydrogens is 238 g/mol. The minimum Gasteiger partial charge on any atom is -0.327 e. The molecule has 1 N–H and O–H groups in total. The number of rotatable bonds is 6. The number of amides is 1. The molecule has 0 bridgehead atoms. The summed E-state index contributed by atoms with van der Waals surface area (Å²) in [6.07, 6.45) is 0. The highest BCUT2D eigenvalue weighted by atomic mass is 16.2. The van der Waals surface area contributed by atoms with Gasteiger partial charge in [0.1, 0.15) is 6.04 Å². The number of nitrogens with zero attached hydrogens (tertiary/aromatic N) is 2. The van der Waals surface area contributed by atoms with E-state index in [0.29, 0.717) is 6.67 Å². The van der Waals surface area contributed by atoms with Gasteiger partial charge in [-0.1, -0.05) is 44.2 Å². The standard InChI is InChI=1S/C15H23N3O/c1-3-17(4-2)10-11-18-12-16-14(15(18)19)13-8-6-5-7-9-13/h5-9,14,16H,3-4,10-12H2,1-2H3. The first-order valence-corrected chi connectivity index (χ1v) is 7.05. The Kier molecular flexibility index (Phi) is 4.93. The van der Waals surface area contributed by atoms with E-state index in [0.717, 1.165) is 31.7 Å². The topological polar surface area (TPSA) is 35.6 Å². The number of hydrogen-bond acceptors (Lipinski definition) is 3. The van der Waals surface area contributed by atoms with Gasteiger partial charge in [-0.05, 0) is 18.7 Å².